The second-order valence-corrected chi connectivity index (χ2v) is 6.78. The van der Waals surface area contributed by atoms with Crippen LogP contribution in [-0.2, 0) is 0 Å². The zero-order valence-electron chi connectivity index (χ0n) is 16.3. The first-order chi connectivity index (χ1) is 13.5. The van der Waals surface area contributed by atoms with Crippen molar-refractivity contribution in [2.45, 2.75) is 26.8 Å². The molecule has 142 valence electrons. The summed E-state index contributed by atoms with van der Waals surface area (Å²) in [4.78, 5) is 17.2. The van der Waals surface area contributed by atoms with Crippen LogP contribution in [0.25, 0.3) is 22.0 Å². The summed E-state index contributed by atoms with van der Waals surface area (Å²) in [5, 5.41) is 4.98. The molecular formula is C22H21N3O3. The number of fused-ring (bicyclic) bond motifs is 1. The van der Waals surface area contributed by atoms with Crippen LogP contribution in [0.15, 0.2) is 58.0 Å². The number of aromatic nitrogens is 3. The predicted octanol–water partition coefficient (Wildman–Crippen LogP) is 4.29. The Hall–Kier alpha value is -3.41. The van der Waals surface area contributed by atoms with E-state index in [1.54, 1.807) is 23.9 Å². The fraction of sp³-hybridized carbons (Fsp3) is 0.227. The van der Waals surface area contributed by atoms with Crippen LogP contribution in [0, 0.1) is 13.8 Å². The summed E-state index contributed by atoms with van der Waals surface area (Å²) in [5.74, 6) is 1.39. The molecule has 3 heterocycles. The lowest BCUT2D eigenvalue weighted by molar-refractivity contribution is 0.393. The number of nitrogens with zero attached hydrogens (tertiary/aromatic N) is 3. The summed E-state index contributed by atoms with van der Waals surface area (Å²) in [6.45, 7) is 5.75. The number of ether oxygens (including phenoxy) is 1. The van der Waals surface area contributed by atoms with Gasteiger partial charge in [0.2, 0.25) is 0 Å². The van der Waals surface area contributed by atoms with E-state index >= 15 is 0 Å². The van der Waals surface area contributed by atoms with E-state index in [2.05, 4.69) is 10.1 Å². The number of hydrogen-bond acceptors (Lipinski definition) is 5. The van der Waals surface area contributed by atoms with E-state index in [4.69, 9.17) is 9.26 Å². The first kappa shape index (κ1) is 18.0. The van der Waals surface area contributed by atoms with Crippen molar-refractivity contribution in [2.75, 3.05) is 7.11 Å². The molecular weight excluding hydrogens is 354 g/mol. The van der Waals surface area contributed by atoms with Crippen molar-refractivity contribution >= 4 is 10.9 Å². The number of rotatable bonds is 4. The van der Waals surface area contributed by atoms with Crippen LogP contribution < -0.4 is 10.3 Å². The average molecular weight is 375 g/mol. The molecule has 4 aromatic rings. The highest BCUT2D eigenvalue weighted by Crippen LogP contribution is 2.37. The highest BCUT2D eigenvalue weighted by atomic mass is 16.5. The number of benzene rings is 1. The molecule has 0 saturated heterocycles. The minimum Gasteiger partial charge on any atom is -0.496 e. The van der Waals surface area contributed by atoms with Gasteiger partial charge in [-0.05, 0) is 50.4 Å². The molecule has 4 rings (SSSR count). The molecule has 1 atom stereocenters. The molecule has 1 unspecified atom stereocenters. The van der Waals surface area contributed by atoms with Gasteiger partial charge in [0.05, 0.1) is 35.6 Å². The first-order valence-electron chi connectivity index (χ1n) is 9.08. The third-order valence-electron chi connectivity index (χ3n) is 5.06. The smallest absolute Gasteiger partial charge is 0.251 e. The maximum atomic E-state index is 12.7. The van der Waals surface area contributed by atoms with Crippen molar-refractivity contribution in [3.05, 3.63) is 76.2 Å². The lowest BCUT2D eigenvalue weighted by Crippen LogP contribution is -2.24. The molecule has 0 amide bonds. The van der Waals surface area contributed by atoms with Gasteiger partial charge in [-0.3, -0.25) is 14.3 Å². The standard InChI is InChI=1S/C22H21N3O3/c1-13-22(15(3)28-24-13)17-11-16-8-9-21(26)25(19(16)12-20(17)27-4)14(2)18-7-5-6-10-23-18/h5-12,14H,1-4H3. The van der Waals surface area contributed by atoms with Gasteiger partial charge in [0.1, 0.15) is 11.5 Å². The molecule has 0 saturated carbocycles. The Balaban J connectivity index is 1.99. The highest BCUT2D eigenvalue weighted by molar-refractivity contribution is 5.89. The van der Waals surface area contributed by atoms with E-state index in [-0.39, 0.29) is 11.6 Å². The van der Waals surface area contributed by atoms with Crippen molar-refractivity contribution < 1.29 is 9.26 Å². The molecule has 1 aromatic carbocycles. The van der Waals surface area contributed by atoms with E-state index in [1.165, 1.54) is 0 Å². The van der Waals surface area contributed by atoms with Gasteiger partial charge in [0, 0.05) is 23.9 Å². The lowest BCUT2D eigenvalue weighted by Gasteiger charge is -2.19. The van der Waals surface area contributed by atoms with Gasteiger partial charge in [-0.1, -0.05) is 11.2 Å². The summed E-state index contributed by atoms with van der Waals surface area (Å²) in [6, 6.07) is 12.8. The summed E-state index contributed by atoms with van der Waals surface area (Å²) in [5.41, 5.74) is 4.13. The Morgan fingerprint density at radius 3 is 2.61 bits per heavy atom. The Morgan fingerprint density at radius 2 is 1.96 bits per heavy atom. The predicted molar refractivity (Wildman–Crippen MR) is 108 cm³/mol. The second-order valence-electron chi connectivity index (χ2n) is 6.78. The van der Waals surface area contributed by atoms with E-state index in [0.717, 1.165) is 39.2 Å². The monoisotopic (exact) mass is 375 g/mol. The number of pyridine rings is 2. The van der Waals surface area contributed by atoms with Gasteiger partial charge in [-0.15, -0.1) is 0 Å². The molecule has 6 nitrogen and oxygen atoms in total. The maximum absolute atomic E-state index is 12.7. The molecule has 0 aliphatic carbocycles. The zero-order valence-corrected chi connectivity index (χ0v) is 16.3. The van der Waals surface area contributed by atoms with Crippen LogP contribution in [0.2, 0.25) is 0 Å². The molecule has 0 spiro atoms. The fourth-order valence-electron chi connectivity index (χ4n) is 3.67. The SMILES string of the molecule is COc1cc2c(ccc(=O)n2C(C)c2ccccn2)cc1-c1c(C)noc1C. The van der Waals surface area contributed by atoms with Gasteiger partial charge in [-0.2, -0.15) is 0 Å². The van der Waals surface area contributed by atoms with Crippen LogP contribution >= 0.6 is 0 Å². The summed E-state index contributed by atoms with van der Waals surface area (Å²) >= 11 is 0. The molecule has 3 aromatic heterocycles. The third kappa shape index (κ3) is 2.87. The quantitative estimate of drug-likeness (QED) is 0.532. The van der Waals surface area contributed by atoms with Crippen LogP contribution in [0.4, 0.5) is 0 Å². The van der Waals surface area contributed by atoms with Crippen LogP contribution in [0.1, 0.15) is 30.1 Å². The first-order valence-corrected chi connectivity index (χ1v) is 9.08. The minimum absolute atomic E-state index is 0.0854. The van der Waals surface area contributed by atoms with E-state index in [0.29, 0.717) is 5.75 Å². The van der Waals surface area contributed by atoms with Gasteiger partial charge < -0.3 is 9.26 Å². The number of hydrogen-bond donors (Lipinski definition) is 0. The zero-order chi connectivity index (χ0) is 19.8. The van der Waals surface area contributed by atoms with Crippen LogP contribution in [-0.4, -0.2) is 21.8 Å². The number of aryl methyl sites for hydroxylation is 2. The van der Waals surface area contributed by atoms with Crippen LogP contribution in [0.3, 0.4) is 0 Å². The van der Waals surface area contributed by atoms with Crippen molar-refractivity contribution in [1.29, 1.82) is 0 Å². The summed E-state index contributed by atoms with van der Waals surface area (Å²) in [7, 11) is 1.62. The Labute approximate surface area is 162 Å². The van der Waals surface area contributed by atoms with E-state index in [1.807, 2.05) is 57.2 Å². The highest BCUT2D eigenvalue weighted by Gasteiger charge is 2.20. The molecule has 6 heteroatoms. The lowest BCUT2D eigenvalue weighted by atomic mass is 10.00. The maximum Gasteiger partial charge on any atom is 0.251 e. The average Bonchev–Trinajstić information content (AvgIpc) is 3.05. The summed E-state index contributed by atoms with van der Waals surface area (Å²) < 4.78 is 12.7. The molecule has 28 heavy (non-hydrogen) atoms. The van der Waals surface area contributed by atoms with Gasteiger partial charge >= 0.3 is 0 Å². The van der Waals surface area contributed by atoms with Crippen molar-refractivity contribution in [3.63, 3.8) is 0 Å². The molecule has 0 radical (unpaired) electrons. The molecule has 0 fully saturated rings. The Kier molecular flexibility index (Phi) is 4.47. The van der Waals surface area contributed by atoms with Gasteiger partial charge in [0.25, 0.3) is 5.56 Å². The van der Waals surface area contributed by atoms with Crippen LogP contribution in [0.5, 0.6) is 5.75 Å². The largest absolute Gasteiger partial charge is 0.496 e. The third-order valence-corrected chi connectivity index (χ3v) is 5.06. The normalized spacial score (nSPS) is 12.3. The van der Waals surface area contributed by atoms with Gasteiger partial charge in [-0.25, -0.2) is 0 Å². The second kappa shape index (κ2) is 6.96. The summed E-state index contributed by atoms with van der Waals surface area (Å²) in [6.07, 6.45) is 1.73. The van der Waals surface area contributed by atoms with Gasteiger partial charge in [0.15, 0.2) is 0 Å². The Bertz CT molecular complexity index is 1190. The van der Waals surface area contributed by atoms with E-state index < -0.39 is 0 Å². The van der Waals surface area contributed by atoms with Crippen molar-refractivity contribution in [1.82, 2.24) is 14.7 Å². The molecule has 0 aliphatic rings. The minimum atomic E-state index is -0.216. The van der Waals surface area contributed by atoms with Crippen molar-refractivity contribution in [3.8, 4) is 16.9 Å². The van der Waals surface area contributed by atoms with Crippen molar-refractivity contribution in [2.24, 2.45) is 0 Å². The topological polar surface area (TPSA) is 70.2 Å². The molecule has 0 aliphatic heterocycles. The fourth-order valence-corrected chi connectivity index (χ4v) is 3.67. The number of methoxy groups -OCH3 is 1. The molecule has 0 N–H and O–H groups in total. The molecule has 0 bridgehead atoms. The van der Waals surface area contributed by atoms with E-state index in [9.17, 15) is 4.79 Å². The Morgan fingerprint density at radius 1 is 1.14 bits per heavy atom.